The lowest BCUT2D eigenvalue weighted by Crippen LogP contribution is -2.23. The molecule has 0 radical (unpaired) electrons. The molecular weight excluding hydrogens is 332 g/mol. The van der Waals surface area contributed by atoms with Crippen LogP contribution in [0.3, 0.4) is 0 Å². The Balaban J connectivity index is 1.52. The summed E-state index contributed by atoms with van der Waals surface area (Å²) >= 11 is 5.98. The molecular formula is C21H21ClN2O. The SMILES string of the molecule is Cc1ccc(CN2CCO[C@H]2c2ccn(-c3ccc(Cl)cc3)c2)cc1. The van der Waals surface area contributed by atoms with Gasteiger partial charge in [0.25, 0.3) is 0 Å². The first-order chi connectivity index (χ1) is 12.2. The molecule has 1 aliphatic rings. The second-order valence-corrected chi connectivity index (χ2v) is 6.94. The standard InChI is InChI=1S/C21H21ClN2O/c1-16-2-4-17(5-3-16)14-24-12-13-25-21(24)18-10-11-23(15-18)20-8-6-19(22)7-9-20/h2-11,15,21H,12-14H2,1H3/t21-/m0/s1. The maximum absolute atomic E-state index is 6.01. The molecule has 0 amide bonds. The Hall–Kier alpha value is -2.07. The number of nitrogens with zero attached hydrogens (tertiary/aromatic N) is 2. The molecule has 1 atom stereocenters. The molecule has 2 aromatic carbocycles. The van der Waals surface area contributed by atoms with Gasteiger partial charge < -0.3 is 9.30 Å². The van der Waals surface area contributed by atoms with Crippen LogP contribution in [0, 0.1) is 6.92 Å². The van der Waals surface area contributed by atoms with Crippen molar-refractivity contribution in [1.29, 1.82) is 0 Å². The Labute approximate surface area is 153 Å². The minimum absolute atomic E-state index is 0.00912. The number of hydrogen-bond acceptors (Lipinski definition) is 2. The monoisotopic (exact) mass is 352 g/mol. The highest BCUT2D eigenvalue weighted by Crippen LogP contribution is 2.29. The largest absolute Gasteiger partial charge is 0.357 e. The number of halogens is 1. The van der Waals surface area contributed by atoms with Crippen LogP contribution in [0.15, 0.2) is 67.0 Å². The third-order valence-electron chi connectivity index (χ3n) is 4.62. The lowest BCUT2D eigenvalue weighted by molar-refractivity contribution is 0.0288. The number of ether oxygens (including phenoxy) is 1. The second kappa shape index (κ2) is 7.04. The molecule has 1 aliphatic heterocycles. The van der Waals surface area contributed by atoms with Gasteiger partial charge in [0.15, 0.2) is 0 Å². The zero-order valence-electron chi connectivity index (χ0n) is 14.2. The van der Waals surface area contributed by atoms with Gasteiger partial charge in [-0.3, -0.25) is 4.90 Å². The molecule has 0 N–H and O–H groups in total. The van der Waals surface area contributed by atoms with Gasteiger partial charge in [0.05, 0.1) is 6.61 Å². The summed E-state index contributed by atoms with van der Waals surface area (Å²) in [6, 6.07) is 18.7. The number of hydrogen-bond donors (Lipinski definition) is 0. The van der Waals surface area contributed by atoms with E-state index >= 15 is 0 Å². The Morgan fingerprint density at radius 1 is 1.04 bits per heavy atom. The molecule has 0 spiro atoms. The van der Waals surface area contributed by atoms with Gasteiger partial charge in [0, 0.05) is 41.8 Å². The molecule has 0 aliphatic carbocycles. The molecule has 3 nitrogen and oxygen atoms in total. The molecule has 4 heteroatoms. The van der Waals surface area contributed by atoms with E-state index in [4.69, 9.17) is 16.3 Å². The van der Waals surface area contributed by atoms with Gasteiger partial charge >= 0.3 is 0 Å². The molecule has 128 valence electrons. The fourth-order valence-electron chi connectivity index (χ4n) is 3.23. The Morgan fingerprint density at radius 3 is 2.56 bits per heavy atom. The van der Waals surface area contributed by atoms with Crippen LogP contribution >= 0.6 is 11.6 Å². The Bertz CT molecular complexity index is 839. The first-order valence-electron chi connectivity index (χ1n) is 8.54. The first kappa shape index (κ1) is 16.4. The zero-order valence-corrected chi connectivity index (χ0v) is 15.0. The molecule has 0 bridgehead atoms. The second-order valence-electron chi connectivity index (χ2n) is 6.51. The predicted molar refractivity (Wildman–Crippen MR) is 101 cm³/mol. The van der Waals surface area contributed by atoms with E-state index < -0.39 is 0 Å². The molecule has 1 aromatic heterocycles. The predicted octanol–water partition coefficient (Wildman–Crippen LogP) is 4.97. The fourth-order valence-corrected chi connectivity index (χ4v) is 3.36. The molecule has 1 saturated heterocycles. The molecule has 1 fully saturated rings. The lowest BCUT2D eigenvalue weighted by atomic mass is 10.1. The minimum Gasteiger partial charge on any atom is -0.357 e. The van der Waals surface area contributed by atoms with Crippen molar-refractivity contribution in [2.75, 3.05) is 13.2 Å². The van der Waals surface area contributed by atoms with Crippen LogP contribution < -0.4 is 0 Å². The van der Waals surface area contributed by atoms with Gasteiger partial charge in [-0.15, -0.1) is 0 Å². The van der Waals surface area contributed by atoms with Crippen molar-refractivity contribution < 1.29 is 4.74 Å². The average molecular weight is 353 g/mol. The maximum Gasteiger partial charge on any atom is 0.138 e. The van der Waals surface area contributed by atoms with Crippen LogP contribution in [0.2, 0.25) is 5.02 Å². The van der Waals surface area contributed by atoms with Gasteiger partial charge in [-0.25, -0.2) is 0 Å². The summed E-state index contributed by atoms with van der Waals surface area (Å²) in [5.41, 5.74) is 4.88. The van der Waals surface area contributed by atoms with Gasteiger partial charge in [0.1, 0.15) is 6.23 Å². The van der Waals surface area contributed by atoms with E-state index in [1.54, 1.807) is 0 Å². The van der Waals surface area contributed by atoms with Gasteiger partial charge in [-0.2, -0.15) is 0 Å². The minimum atomic E-state index is 0.00912. The van der Waals surface area contributed by atoms with E-state index in [9.17, 15) is 0 Å². The van der Waals surface area contributed by atoms with Crippen molar-refractivity contribution in [2.24, 2.45) is 0 Å². The normalized spacial score (nSPS) is 17.9. The van der Waals surface area contributed by atoms with Gasteiger partial charge in [0.2, 0.25) is 0 Å². The number of benzene rings is 2. The maximum atomic E-state index is 6.01. The van der Waals surface area contributed by atoms with E-state index in [0.717, 1.165) is 30.4 Å². The summed E-state index contributed by atoms with van der Waals surface area (Å²) < 4.78 is 8.12. The zero-order chi connectivity index (χ0) is 17.2. The third kappa shape index (κ3) is 3.64. The molecule has 0 unspecified atom stereocenters. The summed E-state index contributed by atoms with van der Waals surface area (Å²) in [7, 11) is 0. The smallest absolute Gasteiger partial charge is 0.138 e. The van der Waals surface area contributed by atoms with E-state index in [1.807, 2.05) is 24.3 Å². The van der Waals surface area contributed by atoms with Crippen molar-refractivity contribution >= 4 is 11.6 Å². The average Bonchev–Trinajstić information content (AvgIpc) is 3.27. The summed E-state index contributed by atoms with van der Waals surface area (Å²) in [6.07, 6.45) is 4.22. The number of aromatic nitrogens is 1. The summed E-state index contributed by atoms with van der Waals surface area (Å²) in [4.78, 5) is 2.38. The van der Waals surface area contributed by atoms with E-state index in [-0.39, 0.29) is 6.23 Å². The highest BCUT2D eigenvalue weighted by Gasteiger charge is 2.27. The lowest BCUT2D eigenvalue weighted by Gasteiger charge is -2.22. The Kier molecular flexibility index (Phi) is 4.62. The number of rotatable bonds is 4. The van der Waals surface area contributed by atoms with E-state index in [1.165, 1.54) is 16.7 Å². The number of aryl methyl sites for hydroxylation is 1. The van der Waals surface area contributed by atoms with Crippen LogP contribution in [0.1, 0.15) is 22.9 Å². The molecule has 25 heavy (non-hydrogen) atoms. The highest BCUT2D eigenvalue weighted by atomic mass is 35.5. The first-order valence-corrected chi connectivity index (χ1v) is 8.92. The quantitative estimate of drug-likeness (QED) is 0.659. The summed E-state index contributed by atoms with van der Waals surface area (Å²) in [5.74, 6) is 0. The molecule has 2 heterocycles. The van der Waals surface area contributed by atoms with Crippen LogP contribution in [0.4, 0.5) is 0 Å². The molecule has 0 saturated carbocycles. The van der Waals surface area contributed by atoms with E-state index in [2.05, 4.69) is 59.1 Å². The van der Waals surface area contributed by atoms with Crippen molar-refractivity contribution in [3.63, 3.8) is 0 Å². The van der Waals surface area contributed by atoms with E-state index in [0.29, 0.717) is 0 Å². The van der Waals surface area contributed by atoms with Gasteiger partial charge in [-0.05, 0) is 42.8 Å². The van der Waals surface area contributed by atoms with Crippen LogP contribution in [-0.4, -0.2) is 22.6 Å². The van der Waals surface area contributed by atoms with Crippen molar-refractivity contribution in [1.82, 2.24) is 9.47 Å². The molecule has 3 aromatic rings. The van der Waals surface area contributed by atoms with Crippen LogP contribution in [0.25, 0.3) is 5.69 Å². The van der Waals surface area contributed by atoms with Crippen molar-refractivity contribution in [3.05, 3.63) is 88.7 Å². The fraction of sp³-hybridized carbons (Fsp3) is 0.238. The van der Waals surface area contributed by atoms with Crippen molar-refractivity contribution in [2.45, 2.75) is 19.7 Å². The summed E-state index contributed by atoms with van der Waals surface area (Å²) in [5, 5.41) is 0.750. The topological polar surface area (TPSA) is 17.4 Å². The highest BCUT2D eigenvalue weighted by molar-refractivity contribution is 6.30. The Morgan fingerprint density at radius 2 is 1.80 bits per heavy atom. The summed E-state index contributed by atoms with van der Waals surface area (Å²) in [6.45, 7) is 4.73. The third-order valence-corrected chi connectivity index (χ3v) is 4.87. The van der Waals surface area contributed by atoms with Crippen molar-refractivity contribution in [3.8, 4) is 5.69 Å². The molecule has 4 rings (SSSR count). The van der Waals surface area contributed by atoms with Crippen LogP contribution in [-0.2, 0) is 11.3 Å². The van der Waals surface area contributed by atoms with Crippen LogP contribution in [0.5, 0.6) is 0 Å². The van der Waals surface area contributed by atoms with Gasteiger partial charge in [-0.1, -0.05) is 41.4 Å².